The number of rotatable bonds is 11. The summed E-state index contributed by atoms with van der Waals surface area (Å²) < 4.78 is 52.1. The second kappa shape index (κ2) is 10.9. The molecule has 0 fully saturated rings. The molecule has 0 saturated carbocycles. The van der Waals surface area contributed by atoms with Crippen molar-refractivity contribution < 1.29 is 22.6 Å². The minimum absolute atomic E-state index is 0.0853. The quantitative estimate of drug-likeness (QED) is 0.309. The molecule has 1 rings (SSSR count). The summed E-state index contributed by atoms with van der Waals surface area (Å²) in [5.74, 6) is -2.35. The Morgan fingerprint density at radius 2 is 1.78 bits per heavy atom. The van der Waals surface area contributed by atoms with Crippen LogP contribution >= 0.6 is 0 Å². The highest BCUT2D eigenvalue weighted by molar-refractivity contribution is 5.33. The summed E-state index contributed by atoms with van der Waals surface area (Å²) in [6.07, 6.45) is 1.35. The first-order chi connectivity index (χ1) is 12.7. The molecule has 0 aliphatic carbocycles. The van der Waals surface area contributed by atoms with E-state index in [1.807, 2.05) is 6.92 Å². The van der Waals surface area contributed by atoms with Gasteiger partial charge >= 0.3 is 0 Å². The molecule has 5 heteroatoms. The fraction of sp³-hybridized carbons (Fsp3) is 0.455. The molecule has 0 heterocycles. The van der Waals surface area contributed by atoms with Crippen LogP contribution in [0.1, 0.15) is 39.2 Å². The fourth-order valence-electron chi connectivity index (χ4n) is 2.41. The van der Waals surface area contributed by atoms with Crippen molar-refractivity contribution in [1.82, 2.24) is 0 Å². The predicted molar refractivity (Wildman–Crippen MR) is 103 cm³/mol. The number of ether oxygens (including phenoxy) is 2. The van der Waals surface area contributed by atoms with Gasteiger partial charge < -0.3 is 9.47 Å². The molecule has 27 heavy (non-hydrogen) atoms. The molecule has 1 aromatic carbocycles. The zero-order valence-electron chi connectivity index (χ0n) is 16.6. The number of allylic oxidation sites excluding steroid dienone is 3. The van der Waals surface area contributed by atoms with Crippen molar-refractivity contribution in [3.63, 3.8) is 0 Å². The Morgan fingerprint density at radius 1 is 1.11 bits per heavy atom. The zero-order chi connectivity index (χ0) is 20.6. The van der Waals surface area contributed by atoms with E-state index in [1.165, 1.54) is 6.07 Å². The van der Waals surface area contributed by atoms with E-state index in [2.05, 4.69) is 13.2 Å². The van der Waals surface area contributed by atoms with Crippen molar-refractivity contribution >= 4 is 0 Å². The van der Waals surface area contributed by atoms with Crippen LogP contribution in [0.25, 0.3) is 0 Å². The van der Waals surface area contributed by atoms with Crippen LogP contribution in [-0.4, -0.2) is 13.2 Å². The molecular formula is C22H29F3O2. The molecular weight excluding hydrogens is 353 g/mol. The highest BCUT2D eigenvalue weighted by atomic mass is 19.2. The first-order valence-corrected chi connectivity index (χ1v) is 9.12. The second-order valence-corrected chi connectivity index (χ2v) is 6.81. The summed E-state index contributed by atoms with van der Waals surface area (Å²) in [5, 5.41) is 0. The van der Waals surface area contributed by atoms with Crippen molar-refractivity contribution in [3.8, 4) is 5.75 Å². The van der Waals surface area contributed by atoms with Gasteiger partial charge in [-0.1, -0.05) is 33.1 Å². The number of benzene rings is 1. The Balaban J connectivity index is 2.51. The molecule has 0 aromatic heterocycles. The van der Waals surface area contributed by atoms with Gasteiger partial charge in [0.15, 0.2) is 17.4 Å². The number of hydrogen-bond acceptors (Lipinski definition) is 2. The van der Waals surface area contributed by atoms with E-state index in [9.17, 15) is 13.2 Å². The van der Waals surface area contributed by atoms with Crippen molar-refractivity contribution in [1.29, 1.82) is 0 Å². The largest absolute Gasteiger partial charge is 0.493 e. The number of aryl methyl sites for hydroxylation is 1. The summed E-state index contributed by atoms with van der Waals surface area (Å²) in [4.78, 5) is 0. The summed E-state index contributed by atoms with van der Waals surface area (Å²) >= 11 is 0. The summed E-state index contributed by atoms with van der Waals surface area (Å²) in [6, 6.07) is 4.76. The van der Waals surface area contributed by atoms with Crippen LogP contribution in [0.3, 0.4) is 0 Å². The van der Waals surface area contributed by atoms with E-state index in [4.69, 9.17) is 9.47 Å². The van der Waals surface area contributed by atoms with Crippen LogP contribution in [0.2, 0.25) is 0 Å². The third kappa shape index (κ3) is 7.16. The van der Waals surface area contributed by atoms with E-state index in [0.29, 0.717) is 24.3 Å². The van der Waals surface area contributed by atoms with Gasteiger partial charge in [0.25, 0.3) is 0 Å². The second-order valence-electron chi connectivity index (χ2n) is 6.81. The first kappa shape index (κ1) is 22.9. The molecule has 2 atom stereocenters. The highest BCUT2D eigenvalue weighted by Crippen LogP contribution is 2.30. The highest BCUT2D eigenvalue weighted by Gasteiger charge is 2.19. The Kier molecular flexibility index (Phi) is 9.19. The number of halogens is 3. The average Bonchev–Trinajstić information content (AvgIpc) is 2.65. The lowest BCUT2D eigenvalue weighted by atomic mass is 9.92. The Labute approximate surface area is 160 Å². The van der Waals surface area contributed by atoms with Crippen LogP contribution in [0, 0.1) is 24.6 Å². The van der Waals surface area contributed by atoms with Gasteiger partial charge in [-0.15, -0.1) is 0 Å². The van der Waals surface area contributed by atoms with Gasteiger partial charge in [-0.25, -0.2) is 8.78 Å². The summed E-state index contributed by atoms with van der Waals surface area (Å²) in [6.45, 7) is 14.8. The molecule has 150 valence electrons. The topological polar surface area (TPSA) is 18.5 Å². The van der Waals surface area contributed by atoms with Crippen LogP contribution in [-0.2, 0) is 4.74 Å². The average molecular weight is 382 g/mol. The molecule has 0 radical (unpaired) electrons. The molecule has 2 unspecified atom stereocenters. The minimum Gasteiger partial charge on any atom is -0.493 e. The van der Waals surface area contributed by atoms with E-state index in [1.54, 1.807) is 32.9 Å². The molecule has 2 nitrogen and oxygen atoms in total. The standard InChI is InChI=1S/C22H29F3O2/c1-7-26-18(6)22(25)21(24)17(5)15(3)9-8-14(2)13-27-19-11-10-16(4)20(23)12-19/h10-12,14-15H,5-9,13H2,1-4H3/b22-21-. The van der Waals surface area contributed by atoms with Crippen molar-refractivity contribution in [2.75, 3.05) is 13.2 Å². The van der Waals surface area contributed by atoms with Crippen LogP contribution < -0.4 is 4.74 Å². The van der Waals surface area contributed by atoms with Gasteiger partial charge in [0, 0.05) is 6.07 Å². The molecule has 0 N–H and O–H groups in total. The van der Waals surface area contributed by atoms with E-state index in [0.717, 1.165) is 6.42 Å². The molecule has 0 spiro atoms. The normalized spacial score (nSPS) is 14.2. The van der Waals surface area contributed by atoms with Gasteiger partial charge in [-0.05, 0) is 55.7 Å². The lowest BCUT2D eigenvalue weighted by Gasteiger charge is -2.18. The van der Waals surface area contributed by atoms with Gasteiger partial charge in [-0.2, -0.15) is 4.39 Å². The molecule has 0 amide bonds. The maximum absolute atomic E-state index is 14.2. The maximum Gasteiger partial charge on any atom is 0.200 e. The van der Waals surface area contributed by atoms with E-state index in [-0.39, 0.29) is 35.6 Å². The molecule has 0 aliphatic heterocycles. The monoisotopic (exact) mass is 382 g/mol. The van der Waals surface area contributed by atoms with Gasteiger partial charge in [0.1, 0.15) is 11.6 Å². The Bertz CT molecular complexity index is 695. The van der Waals surface area contributed by atoms with Crippen molar-refractivity contribution in [2.24, 2.45) is 11.8 Å². The first-order valence-electron chi connectivity index (χ1n) is 9.12. The van der Waals surface area contributed by atoms with Crippen LogP contribution in [0.4, 0.5) is 13.2 Å². The lowest BCUT2D eigenvalue weighted by molar-refractivity contribution is 0.223. The SMILES string of the molecule is C=C(OCC)/C(F)=C(/F)C(=C)C(C)CCC(C)COc1ccc(C)c(F)c1. The van der Waals surface area contributed by atoms with Gasteiger partial charge in [0.05, 0.1) is 13.2 Å². The predicted octanol–water partition coefficient (Wildman–Crippen LogP) is 6.82. The molecule has 1 aromatic rings. The summed E-state index contributed by atoms with van der Waals surface area (Å²) in [7, 11) is 0. The molecule has 0 aliphatic rings. The Morgan fingerprint density at radius 3 is 2.37 bits per heavy atom. The van der Waals surface area contributed by atoms with Crippen molar-refractivity contribution in [3.05, 3.63) is 65.7 Å². The van der Waals surface area contributed by atoms with Crippen LogP contribution in [0.15, 0.2) is 54.3 Å². The van der Waals surface area contributed by atoms with Crippen molar-refractivity contribution in [2.45, 2.75) is 40.5 Å². The van der Waals surface area contributed by atoms with Crippen LogP contribution in [0.5, 0.6) is 5.75 Å². The van der Waals surface area contributed by atoms with Gasteiger partial charge in [0.2, 0.25) is 0 Å². The molecule has 0 saturated heterocycles. The molecule has 0 bridgehead atoms. The Hall–Kier alpha value is -2.17. The third-order valence-electron chi connectivity index (χ3n) is 4.40. The fourth-order valence-corrected chi connectivity index (χ4v) is 2.41. The minimum atomic E-state index is -1.11. The summed E-state index contributed by atoms with van der Waals surface area (Å²) in [5.41, 5.74) is 0.652. The van der Waals surface area contributed by atoms with Gasteiger partial charge in [-0.3, -0.25) is 0 Å². The van der Waals surface area contributed by atoms with E-state index < -0.39 is 11.7 Å². The maximum atomic E-state index is 14.2. The smallest absolute Gasteiger partial charge is 0.200 e. The lowest BCUT2D eigenvalue weighted by Crippen LogP contribution is -2.11. The number of hydrogen-bond donors (Lipinski definition) is 0. The zero-order valence-corrected chi connectivity index (χ0v) is 16.6. The van der Waals surface area contributed by atoms with E-state index >= 15 is 0 Å². The third-order valence-corrected chi connectivity index (χ3v) is 4.40.